The Morgan fingerprint density at radius 3 is 2.45 bits per heavy atom. The van der Waals surface area contributed by atoms with Crippen molar-refractivity contribution < 1.29 is 27.9 Å². The number of hydrogen-bond acceptors (Lipinski definition) is 6. The van der Waals surface area contributed by atoms with Crippen molar-refractivity contribution in [2.75, 3.05) is 7.11 Å². The normalized spacial score (nSPS) is 13.2. The number of carboxylic acids is 1. The number of rotatable bonds is 6. The van der Waals surface area contributed by atoms with Gasteiger partial charge in [0.05, 0.1) is 12.0 Å². The van der Waals surface area contributed by atoms with Gasteiger partial charge in [0.25, 0.3) is 0 Å². The first-order valence-electron chi connectivity index (χ1n) is 5.61. The highest BCUT2D eigenvalue weighted by Gasteiger charge is 2.29. The van der Waals surface area contributed by atoms with Crippen molar-refractivity contribution in [3.63, 3.8) is 0 Å². The van der Waals surface area contributed by atoms with Crippen LogP contribution in [0.2, 0.25) is 0 Å². The molecular weight excluding hydrogens is 306 g/mol. The number of hydrogen-bond donors (Lipinski definition) is 2. The molecule has 7 nitrogen and oxygen atoms in total. The van der Waals surface area contributed by atoms with Crippen molar-refractivity contribution in [1.82, 2.24) is 4.72 Å². The van der Waals surface area contributed by atoms with Crippen molar-refractivity contribution in [3.8, 4) is 0 Å². The van der Waals surface area contributed by atoms with Crippen LogP contribution in [-0.2, 0) is 19.6 Å². The second kappa shape index (κ2) is 6.33. The van der Waals surface area contributed by atoms with Crippen LogP contribution in [0.4, 0.5) is 0 Å². The number of methoxy groups -OCH3 is 1. The fourth-order valence-electron chi connectivity index (χ4n) is 1.37. The summed E-state index contributed by atoms with van der Waals surface area (Å²) in [4.78, 5) is 22.3. The summed E-state index contributed by atoms with van der Waals surface area (Å²) in [5.41, 5.74) is 0. The van der Waals surface area contributed by atoms with E-state index in [9.17, 15) is 18.0 Å². The monoisotopic (exact) mass is 321 g/mol. The summed E-state index contributed by atoms with van der Waals surface area (Å²) in [6, 6.07) is -0.0839. The smallest absolute Gasteiger partial charge is 0.348 e. The third-order valence-electron chi connectivity index (χ3n) is 2.49. The lowest BCUT2D eigenvalue weighted by atomic mass is 10.1. The molecule has 0 radical (unpaired) electrons. The van der Waals surface area contributed by atoms with Gasteiger partial charge >= 0.3 is 11.9 Å². The standard InChI is InChI=1S/C11H15NO6S2/c1-6(2)9(10(13)14)12-20(16,17)7-4-8(19-5-7)11(15)18-3/h4-6,9,12H,1-3H3,(H,13,14)/t9-/m0/s1. The van der Waals surface area contributed by atoms with Gasteiger partial charge in [-0.25, -0.2) is 13.2 Å². The third-order valence-corrected chi connectivity index (χ3v) is 4.97. The lowest BCUT2D eigenvalue weighted by molar-refractivity contribution is -0.140. The lowest BCUT2D eigenvalue weighted by Crippen LogP contribution is -2.44. The predicted molar refractivity (Wildman–Crippen MR) is 72.2 cm³/mol. The van der Waals surface area contributed by atoms with E-state index in [1.54, 1.807) is 13.8 Å². The summed E-state index contributed by atoms with van der Waals surface area (Å²) in [5.74, 6) is -2.32. The molecule has 0 aliphatic rings. The number of nitrogens with one attached hydrogen (secondary N) is 1. The number of carboxylic acid groups (broad SMARTS) is 1. The molecule has 2 N–H and O–H groups in total. The Labute approximate surface area is 120 Å². The van der Waals surface area contributed by atoms with Crippen LogP contribution in [-0.4, -0.2) is 38.6 Å². The number of thiophene rings is 1. The topological polar surface area (TPSA) is 110 Å². The zero-order valence-corrected chi connectivity index (χ0v) is 12.7. The molecule has 0 spiro atoms. The van der Waals surface area contributed by atoms with Crippen molar-refractivity contribution in [3.05, 3.63) is 16.3 Å². The molecule has 20 heavy (non-hydrogen) atoms. The van der Waals surface area contributed by atoms with Crippen molar-refractivity contribution in [2.24, 2.45) is 5.92 Å². The molecule has 0 saturated heterocycles. The Kier molecular flexibility index (Phi) is 5.26. The number of carbonyl (C=O) groups excluding carboxylic acids is 1. The molecule has 0 fully saturated rings. The third kappa shape index (κ3) is 3.78. The zero-order chi connectivity index (χ0) is 15.5. The van der Waals surface area contributed by atoms with E-state index in [2.05, 4.69) is 9.46 Å². The number of aliphatic carboxylic acids is 1. The summed E-state index contributed by atoms with van der Waals surface area (Å²) < 4.78 is 30.7. The Bertz CT molecular complexity index is 604. The van der Waals surface area contributed by atoms with E-state index >= 15 is 0 Å². The highest BCUT2D eigenvalue weighted by Crippen LogP contribution is 2.20. The van der Waals surface area contributed by atoms with E-state index in [0.29, 0.717) is 0 Å². The fraction of sp³-hybridized carbons (Fsp3) is 0.455. The molecule has 1 aromatic rings. The van der Waals surface area contributed by atoms with E-state index in [4.69, 9.17) is 5.11 Å². The van der Waals surface area contributed by atoms with Crippen LogP contribution in [0.3, 0.4) is 0 Å². The molecule has 0 aliphatic heterocycles. The van der Waals surface area contributed by atoms with Gasteiger partial charge in [-0.1, -0.05) is 13.8 Å². The molecule has 0 amide bonds. The highest BCUT2D eigenvalue weighted by molar-refractivity contribution is 7.89. The SMILES string of the molecule is COC(=O)c1cc(S(=O)(=O)N[C@H](C(=O)O)C(C)C)cs1. The average molecular weight is 321 g/mol. The van der Waals surface area contributed by atoms with Gasteiger partial charge in [0.2, 0.25) is 10.0 Å². The number of ether oxygens (including phenoxy) is 1. The number of esters is 1. The Hall–Kier alpha value is -1.45. The second-order valence-electron chi connectivity index (χ2n) is 4.32. The van der Waals surface area contributed by atoms with Gasteiger partial charge in [-0.2, -0.15) is 4.72 Å². The van der Waals surface area contributed by atoms with Gasteiger partial charge in [-0.15, -0.1) is 11.3 Å². The minimum absolute atomic E-state index is 0.129. The molecule has 0 saturated carbocycles. The van der Waals surface area contributed by atoms with Crippen LogP contribution in [0.5, 0.6) is 0 Å². The molecule has 1 aromatic heterocycles. The van der Waals surface area contributed by atoms with E-state index in [1.807, 2.05) is 0 Å². The quantitative estimate of drug-likeness (QED) is 0.754. The molecule has 9 heteroatoms. The number of sulfonamides is 1. The Morgan fingerprint density at radius 1 is 1.40 bits per heavy atom. The van der Waals surface area contributed by atoms with E-state index in [0.717, 1.165) is 17.4 Å². The molecule has 1 rings (SSSR count). The maximum absolute atomic E-state index is 12.1. The van der Waals surface area contributed by atoms with Gasteiger partial charge in [0.15, 0.2) is 0 Å². The Morgan fingerprint density at radius 2 is 2.00 bits per heavy atom. The first-order valence-corrected chi connectivity index (χ1v) is 7.97. The minimum atomic E-state index is -4.00. The van der Waals surface area contributed by atoms with Gasteiger partial charge in [-0.05, 0) is 12.0 Å². The van der Waals surface area contributed by atoms with Gasteiger partial charge < -0.3 is 9.84 Å². The average Bonchev–Trinajstić information content (AvgIpc) is 2.84. The van der Waals surface area contributed by atoms with Gasteiger partial charge in [0, 0.05) is 5.38 Å². The molecular formula is C11H15NO6S2. The molecule has 1 heterocycles. The molecule has 0 aromatic carbocycles. The molecule has 112 valence electrons. The largest absolute Gasteiger partial charge is 0.480 e. The number of carbonyl (C=O) groups is 2. The molecule has 0 unspecified atom stereocenters. The fourth-order valence-corrected chi connectivity index (χ4v) is 3.90. The van der Waals surface area contributed by atoms with Crippen molar-refractivity contribution in [1.29, 1.82) is 0 Å². The van der Waals surface area contributed by atoms with Crippen LogP contribution >= 0.6 is 11.3 Å². The van der Waals surface area contributed by atoms with Gasteiger partial charge in [0.1, 0.15) is 10.9 Å². The van der Waals surface area contributed by atoms with E-state index in [-0.39, 0.29) is 9.77 Å². The summed E-state index contributed by atoms with van der Waals surface area (Å²) in [5, 5.41) is 10.2. The second-order valence-corrected chi connectivity index (χ2v) is 6.94. The van der Waals surface area contributed by atoms with Crippen LogP contribution in [0, 0.1) is 5.92 Å². The lowest BCUT2D eigenvalue weighted by Gasteiger charge is -2.17. The maximum Gasteiger partial charge on any atom is 0.348 e. The molecule has 0 bridgehead atoms. The Balaban J connectivity index is 3.02. The van der Waals surface area contributed by atoms with E-state index < -0.39 is 33.9 Å². The highest BCUT2D eigenvalue weighted by atomic mass is 32.2. The minimum Gasteiger partial charge on any atom is -0.480 e. The van der Waals surface area contributed by atoms with Crippen LogP contribution in [0.1, 0.15) is 23.5 Å². The molecule has 1 atom stereocenters. The summed E-state index contributed by atoms with van der Waals surface area (Å²) in [7, 11) is -2.81. The van der Waals surface area contributed by atoms with Crippen molar-refractivity contribution in [2.45, 2.75) is 24.8 Å². The molecule has 0 aliphatic carbocycles. The van der Waals surface area contributed by atoms with E-state index in [1.165, 1.54) is 12.5 Å². The first kappa shape index (κ1) is 16.6. The van der Waals surface area contributed by atoms with Crippen LogP contribution in [0.15, 0.2) is 16.3 Å². The summed E-state index contributed by atoms with van der Waals surface area (Å²) in [6.45, 7) is 3.18. The summed E-state index contributed by atoms with van der Waals surface area (Å²) >= 11 is 0.912. The first-order chi connectivity index (χ1) is 9.19. The van der Waals surface area contributed by atoms with Gasteiger partial charge in [-0.3, -0.25) is 4.79 Å². The maximum atomic E-state index is 12.1. The van der Waals surface area contributed by atoms with Crippen LogP contribution < -0.4 is 4.72 Å². The predicted octanol–water partition coefficient (Wildman–Crippen LogP) is 0.922. The zero-order valence-electron chi connectivity index (χ0n) is 11.1. The summed E-state index contributed by atoms with van der Waals surface area (Å²) in [6.07, 6.45) is 0. The van der Waals surface area contributed by atoms with Crippen LogP contribution in [0.25, 0.3) is 0 Å². The van der Waals surface area contributed by atoms with Crippen molar-refractivity contribution >= 4 is 33.3 Å².